The van der Waals surface area contributed by atoms with Gasteiger partial charge in [-0.15, -0.1) is 0 Å². The number of carbonyl (C=O) groups is 1. The van der Waals surface area contributed by atoms with Crippen molar-refractivity contribution >= 4 is 11.7 Å². The zero-order chi connectivity index (χ0) is 11.7. The highest BCUT2D eigenvalue weighted by molar-refractivity contribution is 5.75. The van der Waals surface area contributed by atoms with Crippen LogP contribution in [-0.4, -0.2) is 34.2 Å². The van der Waals surface area contributed by atoms with E-state index in [-0.39, 0.29) is 5.82 Å². The maximum atomic E-state index is 13.0. The van der Waals surface area contributed by atoms with Gasteiger partial charge in [0.25, 0.3) is 0 Å². The Hall–Kier alpha value is -1.91. The second-order valence-corrected chi connectivity index (χ2v) is 3.66. The minimum Gasteiger partial charge on any atom is -0.465 e. The molecule has 0 saturated heterocycles. The lowest BCUT2D eigenvalue weighted by molar-refractivity contribution is 0.158. The fourth-order valence-electron chi connectivity index (χ4n) is 1.61. The summed E-state index contributed by atoms with van der Waals surface area (Å²) in [6, 6.07) is 2.92. The van der Waals surface area contributed by atoms with Gasteiger partial charge in [-0.1, -0.05) is 6.08 Å². The molecule has 1 aliphatic rings. The van der Waals surface area contributed by atoms with Crippen molar-refractivity contribution in [1.82, 2.24) is 9.88 Å². The molecule has 1 aromatic heterocycles. The predicted octanol–water partition coefficient (Wildman–Crippen LogP) is 1.91. The normalized spacial score (nSPS) is 15.1. The molecular weight excluding hydrogens is 211 g/mol. The highest BCUT2D eigenvalue weighted by Gasteiger charge is 2.20. The Balaban J connectivity index is 2.21. The number of nitrogens with zero attached hydrogens (tertiary/aromatic N) is 2. The fourth-order valence-corrected chi connectivity index (χ4v) is 1.61. The molecule has 16 heavy (non-hydrogen) atoms. The molecule has 0 aliphatic carbocycles. The van der Waals surface area contributed by atoms with E-state index in [2.05, 4.69) is 4.98 Å². The number of pyridine rings is 1. The van der Waals surface area contributed by atoms with Gasteiger partial charge in [0.1, 0.15) is 5.82 Å². The smallest absolute Gasteiger partial charge is 0.407 e. The third-order valence-corrected chi connectivity index (χ3v) is 2.54. The Morgan fingerprint density at radius 2 is 2.31 bits per heavy atom. The van der Waals surface area contributed by atoms with Crippen LogP contribution in [0.2, 0.25) is 0 Å². The van der Waals surface area contributed by atoms with Crippen LogP contribution in [-0.2, 0) is 0 Å². The number of aromatic nitrogens is 1. The Kier molecular flexibility index (Phi) is 2.60. The molecule has 0 atom stereocenters. The van der Waals surface area contributed by atoms with E-state index in [0.29, 0.717) is 24.5 Å². The van der Waals surface area contributed by atoms with Gasteiger partial charge in [0.15, 0.2) is 0 Å². The lowest BCUT2D eigenvalue weighted by Crippen LogP contribution is -2.26. The van der Waals surface area contributed by atoms with Crippen molar-refractivity contribution in [2.24, 2.45) is 0 Å². The van der Waals surface area contributed by atoms with Crippen molar-refractivity contribution in [3.63, 3.8) is 0 Å². The number of carboxylic acid groups (broad SMARTS) is 1. The number of rotatable bonds is 1. The van der Waals surface area contributed by atoms with Crippen molar-refractivity contribution in [3.8, 4) is 0 Å². The molecule has 1 aromatic rings. The van der Waals surface area contributed by atoms with Crippen molar-refractivity contribution < 1.29 is 14.3 Å². The first-order valence-electron chi connectivity index (χ1n) is 4.88. The Bertz CT molecular complexity index is 471. The maximum Gasteiger partial charge on any atom is 0.407 e. The Labute approximate surface area is 92.0 Å². The minimum atomic E-state index is -0.954. The minimum absolute atomic E-state index is 0.313. The topological polar surface area (TPSA) is 53.4 Å². The van der Waals surface area contributed by atoms with Gasteiger partial charge in [0, 0.05) is 6.54 Å². The van der Waals surface area contributed by atoms with E-state index < -0.39 is 6.09 Å². The van der Waals surface area contributed by atoms with E-state index in [1.54, 1.807) is 19.1 Å². The number of aryl methyl sites for hydroxylation is 1. The molecule has 84 valence electrons. The maximum absolute atomic E-state index is 13.0. The van der Waals surface area contributed by atoms with E-state index in [9.17, 15) is 9.18 Å². The van der Waals surface area contributed by atoms with Gasteiger partial charge >= 0.3 is 6.09 Å². The summed E-state index contributed by atoms with van der Waals surface area (Å²) in [4.78, 5) is 16.1. The Morgan fingerprint density at radius 1 is 1.56 bits per heavy atom. The van der Waals surface area contributed by atoms with E-state index in [1.165, 1.54) is 11.0 Å². The Morgan fingerprint density at radius 3 is 2.88 bits per heavy atom. The molecule has 2 heterocycles. The third-order valence-electron chi connectivity index (χ3n) is 2.54. The van der Waals surface area contributed by atoms with Gasteiger partial charge in [-0.05, 0) is 24.6 Å². The molecule has 1 aliphatic heterocycles. The average molecular weight is 222 g/mol. The molecule has 0 saturated carbocycles. The highest BCUT2D eigenvalue weighted by Crippen LogP contribution is 2.20. The van der Waals surface area contributed by atoms with Crippen LogP contribution in [0.3, 0.4) is 0 Å². The highest BCUT2D eigenvalue weighted by atomic mass is 19.1. The first-order chi connectivity index (χ1) is 7.58. The molecule has 0 bridgehead atoms. The number of halogens is 1. The predicted molar refractivity (Wildman–Crippen MR) is 56.5 cm³/mol. The summed E-state index contributed by atoms with van der Waals surface area (Å²) >= 11 is 0. The fraction of sp³-hybridized carbons (Fsp3) is 0.273. The van der Waals surface area contributed by atoms with E-state index in [0.717, 1.165) is 5.57 Å². The van der Waals surface area contributed by atoms with Crippen molar-refractivity contribution in [2.45, 2.75) is 6.92 Å². The van der Waals surface area contributed by atoms with Gasteiger partial charge in [0.05, 0.1) is 17.9 Å². The largest absolute Gasteiger partial charge is 0.465 e. The van der Waals surface area contributed by atoms with Gasteiger partial charge < -0.3 is 10.0 Å². The summed E-state index contributed by atoms with van der Waals surface area (Å²) in [5.74, 6) is -0.350. The van der Waals surface area contributed by atoms with Crippen LogP contribution in [0.25, 0.3) is 5.57 Å². The van der Waals surface area contributed by atoms with Crippen molar-refractivity contribution in [1.29, 1.82) is 0 Å². The first-order valence-corrected chi connectivity index (χ1v) is 4.88. The van der Waals surface area contributed by atoms with E-state index in [1.807, 2.05) is 0 Å². The van der Waals surface area contributed by atoms with Gasteiger partial charge in [0.2, 0.25) is 0 Å². The molecule has 0 fully saturated rings. The zero-order valence-corrected chi connectivity index (χ0v) is 8.77. The molecule has 0 spiro atoms. The summed E-state index contributed by atoms with van der Waals surface area (Å²) in [6.45, 7) is 2.26. The first kappa shape index (κ1) is 10.6. The molecule has 5 heteroatoms. The lowest BCUT2D eigenvalue weighted by atomic mass is 10.1. The van der Waals surface area contributed by atoms with E-state index >= 15 is 0 Å². The molecule has 0 radical (unpaired) electrons. The summed E-state index contributed by atoms with van der Waals surface area (Å²) in [6.07, 6.45) is 0.846. The number of hydrogen-bond acceptors (Lipinski definition) is 2. The molecule has 2 rings (SSSR count). The third kappa shape index (κ3) is 1.88. The quantitative estimate of drug-likeness (QED) is 0.789. The summed E-state index contributed by atoms with van der Waals surface area (Å²) in [7, 11) is 0. The molecule has 1 N–H and O–H groups in total. The van der Waals surface area contributed by atoms with Gasteiger partial charge in [-0.25, -0.2) is 9.18 Å². The average Bonchev–Trinajstić information content (AvgIpc) is 2.71. The summed E-state index contributed by atoms with van der Waals surface area (Å²) in [5.41, 5.74) is 1.79. The standard InChI is InChI=1S/C11H11FN2O2/c1-7-9(12)2-3-10(13-7)8-4-5-14(6-8)11(15)16/h2-4H,5-6H2,1H3,(H,15,16). The van der Waals surface area contributed by atoms with Crippen LogP contribution in [0, 0.1) is 12.7 Å². The second kappa shape index (κ2) is 3.92. The molecule has 4 nitrogen and oxygen atoms in total. The van der Waals surface area contributed by atoms with Crippen molar-refractivity contribution in [2.75, 3.05) is 13.1 Å². The van der Waals surface area contributed by atoms with Crippen LogP contribution in [0.15, 0.2) is 18.2 Å². The van der Waals surface area contributed by atoms with Crippen molar-refractivity contribution in [3.05, 3.63) is 35.4 Å². The SMILES string of the molecule is Cc1nc(C2=CCN(C(=O)O)C2)ccc1F. The van der Waals surface area contributed by atoms with Crippen LogP contribution in [0.5, 0.6) is 0 Å². The molecule has 0 unspecified atom stereocenters. The monoisotopic (exact) mass is 222 g/mol. The number of amides is 1. The second-order valence-electron chi connectivity index (χ2n) is 3.66. The van der Waals surface area contributed by atoms with E-state index in [4.69, 9.17) is 5.11 Å². The summed E-state index contributed by atoms with van der Waals surface area (Å²) in [5, 5.41) is 8.79. The van der Waals surface area contributed by atoms with Crippen LogP contribution >= 0.6 is 0 Å². The van der Waals surface area contributed by atoms with Gasteiger partial charge in [-0.2, -0.15) is 0 Å². The van der Waals surface area contributed by atoms with Crippen LogP contribution in [0.1, 0.15) is 11.4 Å². The zero-order valence-electron chi connectivity index (χ0n) is 8.77. The molecular formula is C11H11FN2O2. The molecule has 0 aromatic carbocycles. The molecule has 1 amide bonds. The lowest BCUT2D eigenvalue weighted by Gasteiger charge is -2.11. The van der Waals surface area contributed by atoms with Gasteiger partial charge in [-0.3, -0.25) is 4.98 Å². The number of hydrogen-bond donors (Lipinski definition) is 1. The van der Waals surface area contributed by atoms with Crippen LogP contribution < -0.4 is 0 Å². The summed E-state index contributed by atoms with van der Waals surface area (Å²) < 4.78 is 13.0. The van der Waals surface area contributed by atoms with Crippen LogP contribution in [0.4, 0.5) is 9.18 Å².